The van der Waals surface area contributed by atoms with Crippen LogP contribution in [-0.2, 0) is 0 Å². The zero-order valence-corrected chi connectivity index (χ0v) is 10.6. The fraction of sp³-hybridized carbons (Fsp3) is 0.636. The molecule has 0 radical (unpaired) electrons. The quantitative estimate of drug-likeness (QED) is 0.827. The smallest absolute Gasteiger partial charge is 0.146 e. The standard InChI is InChI=1S/C11H16BrN3/c1-2-9-4-3-5-15(7-9)11-10(12)6-13-8-14-11/h6,8-9H,2-5,7H2,1H3. The second-order valence-electron chi connectivity index (χ2n) is 4.06. The van der Waals surface area contributed by atoms with Crippen molar-refractivity contribution in [3.05, 3.63) is 17.0 Å². The summed E-state index contributed by atoms with van der Waals surface area (Å²) in [5, 5.41) is 0. The fourth-order valence-corrected chi connectivity index (χ4v) is 2.60. The molecule has 2 heterocycles. The second kappa shape index (κ2) is 4.92. The minimum atomic E-state index is 0.820. The highest BCUT2D eigenvalue weighted by molar-refractivity contribution is 9.10. The third-order valence-corrected chi connectivity index (χ3v) is 3.60. The van der Waals surface area contributed by atoms with Crippen LogP contribution < -0.4 is 4.90 Å². The number of hydrogen-bond acceptors (Lipinski definition) is 3. The lowest BCUT2D eigenvalue weighted by atomic mass is 9.96. The molecule has 0 aromatic carbocycles. The molecule has 0 spiro atoms. The Morgan fingerprint density at radius 3 is 3.20 bits per heavy atom. The van der Waals surface area contributed by atoms with E-state index in [1.807, 2.05) is 6.20 Å². The maximum atomic E-state index is 4.34. The molecule has 2 rings (SSSR count). The van der Waals surface area contributed by atoms with Crippen molar-refractivity contribution in [2.45, 2.75) is 26.2 Å². The summed E-state index contributed by atoms with van der Waals surface area (Å²) in [5.41, 5.74) is 0. The van der Waals surface area contributed by atoms with Crippen LogP contribution in [0.15, 0.2) is 17.0 Å². The Morgan fingerprint density at radius 1 is 1.60 bits per heavy atom. The number of piperidine rings is 1. The third kappa shape index (κ3) is 2.48. The molecule has 1 saturated heterocycles. The highest BCUT2D eigenvalue weighted by atomic mass is 79.9. The first kappa shape index (κ1) is 10.9. The molecule has 0 bridgehead atoms. The number of anilines is 1. The predicted molar refractivity (Wildman–Crippen MR) is 65.0 cm³/mol. The van der Waals surface area contributed by atoms with Gasteiger partial charge in [0.15, 0.2) is 0 Å². The van der Waals surface area contributed by atoms with E-state index in [2.05, 4.69) is 37.7 Å². The van der Waals surface area contributed by atoms with Crippen LogP contribution in [0.2, 0.25) is 0 Å². The first-order valence-electron chi connectivity index (χ1n) is 5.51. The molecule has 1 aliphatic rings. The van der Waals surface area contributed by atoms with Gasteiger partial charge in [-0.3, -0.25) is 0 Å². The van der Waals surface area contributed by atoms with Gasteiger partial charge in [-0.05, 0) is 34.7 Å². The summed E-state index contributed by atoms with van der Waals surface area (Å²) < 4.78 is 1.00. The number of nitrogens with zero attached hydrogens (tertiary/aromatic N) is 3. The fourth-order valence-electron chi connectivity index (χ4n) is 2.13. The lowest BCUT2D eigenvalue weighted by Gasteiger charge is -2.33. The maximum Gasteiger partial charge on any atom is 0.146 e. The van der Waals surface area contributed by atoms with Gasteiger partial charge in [0.05, 0.1) is 4.47 Å². The van der Waals surface area contributed by atoms with Crippen molar-refractivity contribution in [3.63, 3.8) is 0 Å². The first-order chi connectivity index (χ1) is 7.31. The van der Waals surface area contributed by atoms with E-state index in [0.717, 1.165) is 29.3 Å². The largest absolute Gasteiger partial charge is 0.355 e. The summed E-state index contributed by atoms with van der Waals surface area (Å²) in [4.78, 5) is 10.7. The lowest BCUT2D eigenvalue weighted by Crippen LogP contribution is -2.35. The minimum Gasteiger partial charge on any atom is -0.355 e. The van der Waals surface area contributed by atoms with E-state index < -0.39 is 0 Å². The van der Waals surface area contributed by atoms with Gasteiger partial charge in [0.25, 0.3) is 0 Å². The average Bonchev–Trinajstić information content (AvgIpc) is 2.30. The van der Waals surface area contributed by atoms with Gasteiger partial charge in [-0.2, -0.15) is 0 Å². The van der Waals surface area contributed by atoms with Crippen molar-refractivity contribution in [2.24, 2.45) is 5.92 Å². The predicted octanol–water partition coefficient (Wildman–Crippen LogP) is 2.87. The Labute approximate surface area is 99.0 Å². The molecular weight excluding hydrogens is 254 g/mol. The molecule has 1 unspecified atom stereocenters. The van der Waals surface area contributed by atoms with Crippen LogP contribution >= 0.6 is 15.9 Å². The summed E-state index contributed by atoms with van der Waals surface area (Å²) in [7, 11) is 0. The van der Waals surface area contributed by atoms with Crippen LogP contribution in [0.1, 0.15) is 26.2 Å². The van der Waals surface area contributed by atoms with E-state index in [4.69, 9.17) is 0 Å². The van der Waals surface area contributed by atoms with Crippen molar-refractivity contribution in [1.29, 1.82) is 0 Å². The molecular formula is C11H16BrN3. The molecule has 0 amide bonds. The number of rotatable bonds is 2. The molecule has 82 valence electrons. The Bertz CT molecular complexity index is 329. The van der Waals surface area contributed by atoms with Gasteiger partial charge in [-0.15, -0.1) is 0 Å². The molecule has 1 aliphatic heterocycles. The summed E-state index contributed by atoms with van der Waals surface area (Å²) >= 11 is 3.51. The van der Waals surface area contributed by atoms with Gasteiger partial charge in [-0.1, -0.05) is 13.3 Å². The number of hydrogen-bond donors (Lipinski definition) is 0. The molecule has 0 N–H and O–H groups in total. The van der Waals surface area contributed by atoms with Crippen LogP contribution in [0.25, 0.3) is 0 Å². The van der Waals surface area contributed by atoms with Crippen LogP contribution in [0.4, 0.5) is 5.82 Å². The van der Waals surface area contributed by atoms with Crippen LogP contribution in [0.3, 0.4) is 0 Å². The molecule has 15 heavy (non-hydrogen) atoms. The van der Waals surface area contributed by atoms with E-state index in [1.165, 1.54) is 19.3 Å². The summed E-state index contributed by atoms with van der Waals surface area (Å²) in [5.74, 6) is 1.86. The van der Waals surface area contributed by atoms with E-state index in [0.29, 0.717) is 0 Å². The zero-order valence-electron chi connectivity index (χ0n) is 8.99. The first-order valence-corrected chi connectivity index (χ1v) is 6.31. The zero-order chi connectivity index (χ0) is 10.7. The second-order valence-corrected chi connectivity index (χ2v) is 4.91. The Hall–Kier alpha value is -0.640. The van der Waals surface area contributed by atoms with Crippen LogP contribution in [0, 0.1) is 5.92 Å². The average molecular weight is 270 g/mol. The molecule has 0 aliphatic carbocycles. The van der Waals surface area contributed by atoms with E-state index in [-0.39, 0.29) is 0 Å². The summed E-state index contributed by atoms with van der Waals surface area (Å²) in [6.45, 7) is 4.52. The molecule has 4 heteroatoms. The van der Waals surface area contributed by atoms with Crippen molar-refractivity contribution in [2.75, 3.05) is 18.0 Å². The Morgan fingerprint density at radius 2 is 2.47 bits per heavy atom. The maximum absolute atomic E-state index is 4.34. The van der Waals surface area contributed by atoms with E-state index in [1.54, 1.807) is 6.33 Å². The van der Waals surface area contributed by atoms with Gasteiger partial charge in [0.1, 0.15) is 12.1 Å². The summed E-state index contributed by atoms with van der Waals surface area (Å²) in [6.07, 6.45) is 7.33. The molecule has 0 saturated carbocycles. The van der Waals surface area contributed by atoms with Crippen molar-refractivity contribution in [3.8, 4) is 0 Å². The SMILES string of the molecule is CCC1CCCN(c2ncncc2Br)C1. The van der Waals surface area contributed by atoms with Gasteiger partial charge in [-0.25, -0.2) is 9.97 Å². The van der Waals surface area contributed by atoms with Gasteiger partial charge in [0, 0.05) is 19.3 Å². The molecule has 1 fully saturated rings. The van der Waals surface area contributed by atoms with E-state index >= 15 is 0 Å². The highest BCUT2D eigenvalue weighted by Gasteiger charge is 2.20. The topological polar surface area (TPSA) is 29.0 Å². The lowest BCUT2D eigenvalue weighted by molar-refractivity contribution is 0.402. The minimum absolute atomic E-state index is 0.820. The Balaban J connectivity index is 2.13. The molecule has 3 nitrogen and oxygen atoms in total. The monoisotopic (exact) mass is 269 g/mol. The van der Waals surface area contributed by atoms with Crippen LogP contribution in [0.5, 0.6) is 0 Å². The molecule has 1 aromatic rings. The number of aromatic nitrogens is 2. The highest BCUT2D eigenvalue weighted by Crippen LogP contribution is 2.27. The van der Waals surface area contributed by atoms with Crippen LogP contribution in [-0.4, -0.2) is 23.1 Å². The number of halogens is 1. The normalized spacial score (nSPS) is 21.7. The van der Waals surface area contributed by atoms with Crippen molar-refractivity contribution < 1.29 is 0 Å². The molecule has 1 atom stereocenters. The van der Waals surface area contributed by atoms with Crippen molar-refractivity contribution in [1.82, 2.24) is 9.97 Å². The third-order valence-electron chi connectivity index (χ3n) is 3.04. The summed E-state index contributed by atoms with van der Waals surface area (Å²) in [6, 6.07) is 0. The van der Waals surface area contributed by atoms with Gasteiger partial charge >= 0.3 is 0 Å². The Kier molecular flexibility index (Phi) is 3.57. The molecule has 1 aromatic heterocycles. The van der Waals surface area contributed by atoms with Gasteiger partial charge < -0.3 is 4.90 Å². The van der Waals surface area contributed by atoms with Crippen molar-refractivity contribution >= 4 is 21.7 Å². The van der Waals surface area contributed by atoms with Gasteiger partial charge in [0.2, 0.25) is 0 Å². The van der Waals surface area contributed by atoms with E-state index in [9.17, 15) is 0 Å².